The number of anilines is 1. The van der Waals surface area contributed by atoms with Crippen molar-refractivity contribution in [3.63, 3.8) is 0 Å². The fourth-order valence-corrected chi connectivity index (χ4v) is 2.73. The summed E-state index contributed by atoms with van der Waals surface area (Å²) in [7, 11) is 0. The van der Waals surface area contributed by atoms with Crippen LogP contribution in [0.3, 0.4) is 0 Å². The molecule has 1 heterocycles. The van der Waals surface area contributed by atoms with E-state index in [1.54, 1.807) is 12.3 Å². The van der Waals surface area contributed by atoms with Crippen molar-refractivity contribution in [2.45, 2.75) is 6.92 Å². The first-order chi connectivity index (χ1) is 10.1. The van der Waals surface area contributed by atoms with E-state index in [2.05, 4.69) is 26.2 Å². The summed E-state index contributed by atoms with van der Waals surface area (Å²) in [5.41, 5.74) is 3.26. The summed E-state index contributed by atoms with van der Waals surface area (Å²) >= 11 is 3.42. The zero-order valence-corrected chi connectivity index (χ0v) is 13.0. The maximum atomic E-state index is 12.5. The molecule has 1 amide bonds. The molecule has 0 atom stereocenters. The van der Waals surface area contributed by atoms with Crippen LogP contribution in [0, 0.1) is 6.92 Å². The second kappa shape index (κ2) is 5.66. The fourth-order valence-electron chi connectivity index (χ4n) is 2.25. The molecule has 104 valence electrons. The lowest BCUT2D eigenvalue weighted by Gasteiger charge is -2.10. The van der Waals surface area contributed by atoms with Crippen LogP contribution in [0.15, 0.2) is 59.2 Å². The lowest BCUT2D eigenvalue weighted by atomic mass is 10.1. The summed E-state index contributed by atoms with van der Waals surface area (Å²) in [5, 5.41) is 3.81. The maximum Gasteiger partial charge on any atom is 0.256 e. The Kier molecular flexibility index (Phi) is 3.71. The molecule has 2 aromatic carbocycles. The SMILES string of the molecule is Cc1cc(Br)ccc1NC(=O)c1ccnc2ccccc12. The summed E-state index contributed by atoms with van der Waals surface area (Å²) in [6, 6.07) is 15.1. The molecule has 0 radical (unpaired) electrons. The minimum absolute atomic E-state index is 0.126. The van der Waals surface area contributed by atoms with Gasteiger partial charge in [0.2, 0.25) is 0 Å². The summed E-state index contributed by atoms with van der Waals surface area (Å²) < 4.78 is 0.993. The van der Waals surface area contributed by atoms with Gasteiger partial charge < -0.3 is 5.32 Å². The van der Waals surface area contributed by atoms with E-state index in [0.717, 1.165) is 26.6 Å². The van der Waals surface area contributed by atoms with Gasteiger partial charge in [-0.2, -0.15) is 0 Å². The predicted octanol–water partition coefficient (Wildman–Crippen LogP) is 4.56. The van der Waals surface area contributed by atoms with Gasteiger partial charge in [0, 0.05) is 21.7 Å². The van der Waals surface area contributed by atoms with E-state index in [4.69, 9.17) is 0 Å². The van der Waals surface area contributed by atoms with E-state index in [1.807, 2.05) is 49.4 Å². The van der Waals surface area contributed by atoms with Gasteiger partial charge in [-0.05, 0) is 42.8 Å². The monoisotopic (exact) mass is 340 g/mol. The van der Waals surface area contributed by atoms with Crippen molar-refractivity contribution in [1.82, 2.24) is 4.98 Å². The Hall–Kier alpha value is -2.20. The minimum Gasteiger partial charge on any atom is -0.322 e. The highest BCUT2D eigenvalue weighted by Gasteiger charge is 2.11. The largest absolute Gasteiger partial charge is 0.322 e. The number of hydrogen-bond donors (Lipinski definition) is 1. The van der Waals surface area contributed by atoms with Gasteiger partial charge in [-0.3, -0.25) is 9.78 Å². The Bertz CT molecular complexity index is 825. The topological polar surface area (TPSA) is 42.0 Å². The maximum absolute atomic E-state index is 12.5. The molecule has 0 aliphatic heterocycles. The Labute approximate surface area is 131 Å². The molecule has 0 fully saturated rings. The summed E-state index contributed by atoms with van der Waals surface area (Å²) in [6.07, 6.45) is 1.66. The Morgan fingerprint density at radius 3 is 2.76 bits per heavy atom. The number of nitrogens with one attached hydrogen (secondary N) is 1. The molecule has 4 heteroatoms. The van der Waals surface area contributed by atoms with Crippen LogP contribution in [0.25, 0.3) is 10.9 Å². The second-order valence-corrected chi connectivity index (χ2v) is 5.70. The van der Waals surface area contributed by atoms with Gasteiger partial charge in [-0.1, -0.05) is 34.1 Å². The first kappa shape index (κ1) is 13.8. The number of carbonyl (C=O) groups is 1. The van der Waals surface area contributed by atoms with Gasteiger partial charge in [-0.25, -0.2) is 0 Å². The zero-order valence-electron chi connectivity index (χ0n) is 11.4. The van der Waals surface area contributed by atoms with Crippen LogP contribution in [-0.4, -0.2) is 10.9 Å². The molecule has 3 nitrogen and oxygen atoms in total. The van der Waals surface area contributed by atoms with Crippen molar-refractivity contribution in [2.24, 2.45) is 0 Å². The Morgan fingerprint density at radius 1 is 1.14 bits per heavy atom. The summed E-state index contributed by atoms with van der Waals surface area (Å²) in [5.74, 6) is -0.126. The molecule has 0 spiro atoms. The lowest BCUT2D eigenvalue weighted by Crippen LogP contribution is -2.13. The quantitative estimate of drug-likeness (QED) is 0.743. The average Bonchev–Trinajstić information content (AvgIpc) is 2.49. The van der Waals surface area contributed by atoms with Crippen molar-refractivity contribution < 1.29 is 4.79 Å². The fraction of sp³-hybridized carbons (Fsp3) is 0.0588. The number of halogens is 1. The normalized spacial score (nSPS) is 10.6. The average molecular weight is 341 g/mol. The van der Waals surface area contributed by atoms with Crippen LogP contribution in [-0.2, 0) is 0 Å². The molecule has 0 aliphatic carbocycles. The number of benzene rings is 2. The van der Waals surface area contributed by atoms with Crippen molar-refractivity contribution >= 4 is 38.4 Å². The standard InChI is InChI=1S/C17H13BrN2O/c1-11-10-12(18)6-7-15(11)20-17(21)14-8-9-19-16-5-3-2-4-13(14)16/h2-10H,1H3,(H,20,21). The van der Waals surface area contributed by atoms with Crippen molar-refractivity contribution in [2.75, 3.05) is 5.32 Å². The first-order valence-corrected chi connectivity index (χ1v) is 7.36. The number of pyridine rings is 1. The van der Waals surface area contributed by atoms with Crippen LogP contribution < -0.4 is 5.32 Å². The smallest absolute Gasteiger partial charge is 0.256 e. The summed E-state index contributed by atoms with van der Waals surface area (Å²) in [4.78, 5) is 16.8. The molecule has 3 aromatic rings. The van der Waals surface area contributed by atoms with E-state index < -0.39 is 0 Å². The molecule has 0 bridgehead atoms. The number of rotatable bonds is 2. The second-order valence-electron chi connectivity index (χ2n) is 4.79. The number of aromatic nitrogens is 1. The molecule has 21 heavy (non-hydrogen) atoms. The third-order valence-electron chi connectivity index (χ3n) is 3.33. The molecule has 0 saturated heterocycles. The molecular weight excluding hydrogens is 328 g/mol. The number of amides is 1. The Balaban J connectivity index is 1.97. The van der Waals surface area contributed by atoms with Gasteiger partial charge in [0.25, 0.3) is 5.91 Å². The minimum atomic E-state index is -0.126. The molecule has 1 N–H and O–H groups in total. The van der Waals surface area contributed by atoms with Crippen molar-refractivity contribution in [3.8, 4) is 0 Å². The summed E-state index contributed by atoms with van der Waals surface area (Å²) in [6.45, 7) is 1.96. The van der Waals surface area contributed by atoms with Crippen LogP contribution in [0.2, 0.25) is 0 Å². The Morgan fingerprint density at radius 2 is 1.95 bits per heavy atom. The zero-order chi connectivity index (χ0) is 14.8. The van der Waals surface area contributed by atoms with Crippen LogP contribution >= 0.6 is 15.9 Å². The first-order valence-electron chi connectivity index (χ1n) is 6.56. The van der Waals surface area contributed by atoms with Gasteiger partial charge in [0.1, 0.15) is 0 Å². The predicted molar refractivity (Wildman–Crippen MR) is 88.6 cm³/mol. The highest BCUT2D eigenvalue weighted by Crippen LogP contribution is 2.22. The number of aryl methyl sites for hydroxylation is 1. The van der Waals surface area contributed by atoms with E-state index in [-0.39, 0.29) is 5.91 Å². The lowest BCUT2D eigenvalue weighted by molar-refractivity contribution is 0.102. The molecule has 3 rings (SSSR count). The molecule has 0 unspecified atom stereocenters. The van der Waals surface area contributed by atoms with Crippen molar-refractivity contribution in [3.05, 3.63) is 70.3 Å². The third-order valence-corrected chi connectivity index (χ3v) is 3.82. The number of para-hydroxylation sites is 1. The van der Waals surface area contributed by atoms with Gasteiger partial charge in [0.15, 0.2) is 0 Å². The molecular formula is C17H13BrN2O. The molecule has 0 aliphatic rings. The molecule has 0 saturated carbocycles. The van der Waals surface area contributed by atoms with Gasteiger partial charge in [-0.15, -0.1) is 0 Å². The van der Waals surface area contributed by atoms with E-state index >= 15 is 0 Å². The number of hydrogen-bond acceptors (Lipinski definition) is 2. The van der Waals surface area contributed by atoms with Gasteiger partial charge >= 0.3 is 0 Å². The van der Waals surface area contributed by atoms with E-state index in [1.165, 1.54) is 0 Å². The van der Waals surface area contributed by atoms with E-state index in [0.29, 0.717) is 5.56 Å². The van der Waals surface area contributed by atoms with Crippen molar-refractivity contribution in [1.29, 1.82) is 0 Å². The third kappa shape index (κ3) is 2.81. The molecule has 1 aromatic heterocycles. The van der Waals surface area contributed by atoms with E-state index in [9.17, 15) is 4.79 Å². The number of fused-ring (bicyclic) bond motifs is 1. The van der Waals surface area contributed by atoms with Gasteiger partial charge in [0.05, 0.1) is 11.1 Å². The highest BCUT2D eigenvalue weighted by atomic mass is 79.9. The number of carbonyl (C=O) groups excluding carboxylic acids is 1. The van der Waals surface area contributed by atoms with Crippen LogP contribution in [0.5, 0.6) is 0 Å². The highest BCUT2D eigenvalue weighted by molar-refractivity contribution is 9.10. The van der Waals surface area contributed by atoms with Crippen LogP contribution in [0.4, 0.5) is 5.69 Å². The number of nitrogens with zero attached hydrogens (tertiary/aromatic N) is 1. The van der Waals surface area contributed by atoms with Crippen LogP contribution in [0.1, 0.15) is 15.9 Å².